The largest absolute Gasteiger partial charge is 0.334 e. The SMILES string of the molecule is CCCN1C(=O)NC(c2cccc(Cl)c2)C(c2nc(-c3ccc(SC)cc3)no2)=C1C. The number of aromatic nitrogens is 2. The molecule has 160 valence electrons. The van der Waals surface area contributed by atoms with Crippen LogP contribution in [0.3, 0.4) is 0 Å². The van der Waals surface area contributed by atoms with Crippen LogP contribution in [0.2, 0.25) is 5.02 Å². The Morgan fingerprint density at radius 1 is 1.23 bits per heavy atom. The Kier molecular flexibility index (Phi) is 6.34. The number of hydrogen-bond acceptors (Lipinski definition) is 5. The van der Waals surface area contributed by atoms with Crippen molar-refractivity contribution >= 4 is 35.0 Å². The molecule has 1 N–H and O–H groups in total. The molecule has 0 fully saturated rings. The molecule has 1 aliphatic heterocycles. The maximum Gasteiger partial charge on any atom is 0.322 e. The van der Waals surface area contributed by atoms with Crippen LogP contribution in [0.15, 0.2) is 63.6 Å². The van der Waals surface area contributed by atoms with Gasteiger partial charge in [0.2, 0.25) is 5.82 Å². The number of nitrogens with zero attached hydrogens (tertiary/aromatic N) is 3. The summed E-state index contributed by atoms with van der Waals surface area (Å²) in [5, 5.41) is 7.88. The lowest BCUT2D eigenvalue weighted by molar-refractivity contribution is 0.205. The zero-order valence-corrected chi connectivity index (χ0v) is 19.1. The average molecular weight is 455 g/mol. The molecule has 8 heteroatoms. The molecule has 0 saturated carbocycles. The van der Waals surface area contributed by atoms with E-state index in [0.29, 0.717) is 23.3 Å². The number of carbonyl (C=O) groups excluding carboxylic acids is 1. The van der Waals surface area contributed by atoms with Gasteiger partial charge in [0.05, 0.1) is 11.6 Å². The lowest BCUT2D eigenvalue weighted by atomic mass is 9.94. The summed E-state index contributed by atoms with van der Waals surface area (Å²) in [7, 11) is 0. The van der Waals surface area contributed by atoms with E-state index in [9.17, 15) is 4.79 Å². The molecule has 1 aliphatic rings. The Morgan fingerprint density at radius 2 is 2.00 bits per heavy atom. The zero-order chi connectivity index (χ0) is 22.0. The predicted octanol–water partition coefficient (Wildman–Crippen LogP) is 6.02. The standard InChI is InChI=1S/C23H23ClN4O2S/c1-4-12-28-14(2)19(20(25-23(28)29)16-6-5-7-17(24)13-16)22-26-21(27-30-22)15-8-10-18(31-3)11-9-15/h5-11,13,20H,4,12H2,1-3H3,(H,25,29). The average Bonchev–Trinajstić information content (AvgIpc) is 3.26. The van der Waals surface area contributed by atoms with Gasteiger partial charge < -0.3 is 9.84 Å². The van der Waals surface area contributed by atoms with E-state index in [1.54, 1.807) is 22.7 Å². The van der Waals surface area contributed by atoms with Gasteiger partial charge in [-0.2, -0.15) is 4.98 Å². The van der Waals surface area contributed by atoms with Crippen molar-refractivity contribution in [1.29, 1.82) is 0 Å². The van der Waals surface area contributed by atoms with Crippen molar-refractivity contribution in [2.24, 2.45) is 0 Å². The van der Waals surface area contributed by atoms with E-state index < -0.39 is 6.04 Å². The number of allylic oxidation sites excluding steroid dienone is 1. The summed E-state index contributed by atoms with van der Waals surface area (Å²) >= 11 is 7.90. The number of carbonyl (C=O) groups is 1. The molecule has 1 unspecified atom stereocenters. The van der Waals surface area contributed by atoms with Crippen LogP contribution in [0.1, 0.15) is 37.8 Å². The van der Waals surface area contributed by atoms with Gasteiger partial charge in [0.1, 0.15) is 0 Å². The second-order valence-corrected chi connectivity index (χ2v) is 8.56. The summed E-state index contributed by atoms with van der Waals surface area (Å²) < 4.78 is 5.69. The van der Waals surface area contributed by atoms with Gasteiger partial charge in [0, 0.05) is 27.7 Å². The topological polar surface area (TPSA) is 71.3 Å². The molecule has 1 aromatic heterocycles. The molecular weight excluding hydrogens is 432 g/mol. The first-order valence-corrected chi connectivity index (χ1v) is 11.6. The molecule has 2 aromatic carbocycles. The second-order valence-electron chi connectivity index (χ2n) is 7.24. The molecule has 0 bridgehead atoms. The van der Waals surface area contributed by atoms with Gasteiger partial charge in [-0.1, -0.05) is 35.8 Å². The molecule has 2 heterocycles. The Morgan fingerprint density at radius 3 is 2.68 bits per heavy atom. The van der Waals surface area contributed by atoms with E-state index in [2.05, 4.69) is 15.5 Å². The minimum absolute atomic E-state index is 0.152. The van der Waals surface area contributed by atoms with Crippen LogP contribution in [0.4, 0.5) is 4.79 Å². The predicted molar refractivity (Wildman–Crippen MR) is 124 cm³/mol. The molecule has 0 saturated heterocycles. The van der Waals surface area contributed by atoms with E-state index in [1.165, 1.54) is 0 Å². The number of urea groups is 1. The molecular formula is C23H23ClN4O2S. The first-order chi connectivity index (χ1) is 15.0. The molecule has 1 atom stereocenters. The van der Waals surface area contributed by atoms with Gasteiger partial charge in [-0.3, -0.25) is 4.90 Å². The van der Waals surface area contributed by atoms with Crippen molar-refractivity contribution in [1.82, 2.24) is 20.4 Å². The number of halogens is 1. The lowest BCUT2D eigenvalue weighted by Crippen LogP contribution is -2.46. The third-order valence-corrected chi connectivity index (χ3v) is 6.21. The van der Waals surface area contributed by atoms with Crippen molar-refractivity contribution in [3.05, 3.63) is 70.7 Å². The summed E-state index contributed by atoms with van der Waals surface area (Å²) in [4.78, 5) is 20.4. The quantitative estimate of drug-likeness (QED) is 0.461. The van der Waals surface area contributed by atoms with Gasteiger partial charge in [-0.15, -0.1) is 11.8 Å². The van der Waals surface area contributed by atoms with E-state index in [-0.39, 0.29) is 6.03 Å². The van der Waals surface area contributed by atoms with E-state index in [1.807, 2.05) is 62.6 Å². The number of benzene rings is 2. The monoisotopic (exact) mass is 454 g/mol. The van der Waals surface area contributed by atoms with Gasteiger partial charge in [-0.25, -0.2) is 4.79 Å². The summed E-state index contributed by atoms with van der Waals surface area (Å²) in [6.07, 6.45) is 2.86. The molecule has 0 spiro atoms. The van der Waals surface area contributed by atoms with Gasteiger partial charge in [0.25, 0.3) is 5.89 Å². The van der Waals surface area contributed by atoms with Crippen molar-refractivity contribution in [2.45, 2.75) is 31.2 Å². The third kappa shape index (κ3) is 4.34. The Hall–Kier alpha value is -2.77. The summed E-state index contributed by atoms with van der Waals surface area (Å²) in [6, 6.07) is 14.8. The van der Waals surface area contributed by atoms with Crippen molar-refractivity contribution < 1.29 is 9.32 Å². The molecule has 4 rings (SSSR count). The van der Waals surface area contributed by atoms with Crippen LogP contribution in [0.5, 0.6) is 0 Å². The van der Waals surface area contributed by atoms with Crippen LogP contribution in [-0.4, -0.2) is 33.9 Å². The Balaban J connectivity index is 1.79. The molecule has 0 aliphatic carbocycles. The molecule has 6 nitrogen and oxygen atoms in total. The zero-order valence-electron chi connectivity index (χ0n) is 17.6. The van der Waals surface area contributed by atoms with E-state index in [4.69, 9.17) is 16.1 Å². The van der Waals surface area contributed by atoms with E-state index in [0.717, 1.165) is 33.7 Å². The van der Waals surface area contributed by atoms with Crippen molar-refractivity contribution in [2.75, 3.05) is 12.8 Å². The normalized spacial score (nSPS) is 16.6. The number of amides is 2. The minimum atomic E-state index is -0.438. The fourth-order valence-corrected chi connectivity index (χ4v) is 4.28. The number of hydrogen-bond donors (Lipinski definition) is 1. The highest BCUT2D eigenvalue weighted by atomic mass is 35.5. The Labute approximate surface area is 190 Å². The minimum Gasteiger partial charge on any atom is -0.334 e. The van der Waals surface area contributed by atoms with E-state index >= 15 is 0 Å². The number of nitrogens with one attached hydrogen (secondary N) is 1. The van der Waals surface area contributed by atoms with Crippen molar-refractivity contribution in [3.8, 4) is 11.4 Å². The fraction of sp³-hybridized carbons (Fsp3) is 0.261. The van der Waals surface area contributed by atoms with Crippen LogP contribution in [0, 0.1) is 0 Å². The first-order valence-electron chi connectivity index (χ1n) is 10.0. The highest BCUT2D eigenvalue weighted by molar-refractivity contribution is 7.98. The molecule has 3 aromatic rings. The fourth-order valence-electron chi connectivity index (χ4n) is 3.68. The number of rotatable bonds is 6. The second kappa shape index (κ2) is 9.16. The first kappa shape index (κ1) is 21.5. The maximum absolute atomic E-state index is 12.8. The highest BCUT2D eigenvalue weighted by Crippen LogP contribution is 2.38. The maximum atomic E-state index is 12.8. The Bertz CT molecular complexity index is 1130. The molecule has 2 amide bonds. The van der Waals surface area contributed by atoms with Crippen LogP contribution >= 0.6 is 23.4 Å². The van der Waals surface area contributed by atoms with Crippen LogP contribution < -0.4 is 5.32 Å². The summed E-state index contributed by atoms with van der Waals surface area (Å²) in [6.45, 7) is 4.55. The summed E-state index contributed by atoms with van der Waals surface area (Å²) in [5.74, 6) is 0.888. The highest BCUT2D eigenvalue weighted by Gasteiger charge is 2.35. The lowest BCUT2D eigenvalue weighted by Gasteiger charge is -2.35. The van der Waals surface area contributed by atoms with Crippen molar-refractivity contribution in [3.63, 3.8) is 0 Å². The van der Waals surface area contributed by atoms with Gasteiger partial charge in [0.15, 0.2) is 0 Å². The summed E-state index contributed by atoms with van der Waals surface area (Å²) in [5.41, 5.74) is 3.30. The van der Waals surface area contributed by atoms with Crippen LogP contribution in [-0.2, 0) is 0 Å². The van der Waals surface area contributed by atoms with Crippen LogP contribution in [0.25, 0.3) is 17.0 Å². The third-order valence-electron chi connectivity index (χ3n) is 5.23. The smallest absolute Gasteiger partial charge is 0.322 e. The van der Waals surface area contributed by atoms with Gasteiger partial charge in [-0.05, 0) is 61.6 Å². The molecule has 31 heavy (non-hydrogen) atoms. The number of thioether (sulfide) groups is 1. The molecule has 0 radical (unpaired) electrons. The van der Waals surface area contributed by atoms with Gasteiger partial charge >= 0.3 is 6.03 Å².